The fourth-order valence-corrected chi connectivity index (χ4v) is 4.32. The lowest BCUT2D eigenvalue weighted by Gasteiger charge is -2.35. The van der Waals surface area contributed by atoms with Crippen LogP contribution in [0.4, 0.5) is 0 Å². The predicted molar refractivity (Wildman–Crippen MR) is 103 cm³/mol. The Labute approximate surface area is 159 Å². The van der Waals surface area contributed by atoms with Gasteiger partial charge in [0.15, 0.2) is 0 Å². The van der Waals surface area contributed by atoms with E-state index in [0.29, 0.717) is 24.1 Å². The molecule has 0 unspecified atom stereocenters. The van der Waals surface area contributed by atoms with Crippen LogP contribution in [0.3, 0.4) is 0 Å². The molecule has 6 nitrogen and oxygen atoms in total. The molecule has 1 amide bonds. The molecule has 2 atom stereocenters. The van der Waals surface area contributed by atoms with Crippen LogP contribution in [0.2, 0.25) is 0 Å². The third-order valence-electron chi connectivity index (χ3n) is 5.79. The van der Waals surface area contributed by atoms with Gasteiger partial charge in [0, 0.05) is 62.8 Å². The highest BCUT2D eigenvalue weighted by Crippen LogP contribution is 2.29. The van der Waals surface area contributed by atoms with E-state index in [1.54, 1.807) is 16.8 Å². The van der Waals surface area contributed by atoms with Gasteiger partial charge in [0.25, 0.3) is 11.5 Å². The quantitative estimate of drug-likeness (QED) is 0.830. The van der Waals surface area contributed by atoms with E-state index in [1.165, 1.54) is 6.07 Å². The topological polar surface area (TPSA) is 58.4 Å². The minimum absolute atomic E-state index is 0.0214. The molecule has 142 valence electrons. The van der Waals surface area contributed by atoms with Crippen molar-refractivity contribution >= 4 is 5.91 Å². The van der Waals surface area contributed by atoms with Crippen molar-refractivity contribution in [2.24, 2.45) is 5.92 Å². The molecule has 2 bridgehead atoms. The molecule has 3 aliphatic rings. The van der Waals surface area contributed by atoms with Crippen LogP contribution in [0.5, 0.6) is 0 Å². The van der Waals surface area contributed by atoms with Crippen molar-refractivity contribution in [2.75, 3.05) is 19.6 Å². The predicted octanol–water partition coefficient (Wildman–Crippen LogP) is 2.00. The first-order valence-electron chi connectivity index (χ1n) is 9.77. The highest BCUT2D eigenvalue weighted by Gasteiger charge is 2.36. The molecule has 2 aromatic rings. The van der Waals surface area contributed by atoms with E-state index in [2.05, 4.69) is 16.0 Å². The molecule has 27 heavy (non-hydrogen) atoms. The molecule has 0 aromatic carbocycles. The summed E-state index contributed by atoms with van der Waals surface area (Å²) in [6.07, 6.45) is 5.82. The lowest BCUT2D eigenvalue weighted by atomic mass is 9.95. The van der Waals surface area contributed by atoms with Crippen molar-refractivity contribution in [3.8, 4) is 0 Å². The average Bonchev–Trinajstić information content (AvgIpc) is 3.00. The summed E-state index contributed by atoms with van der Waals surface area (Å²) in [4.78, 5) is 34.0. The fraction of sp³-hybridized carbons (Fsp3) is 0.476. The number of fused-ring (bicyclic) bond motifs is 4. The van der Waals surface area contributed by atoms with Gasteiger partial charge in [0.05, 0.1) is 5.69 Å². The zero-order valence-corrected chi connectivity index (χ0v) is 15.8. The fourth-order valence-electron chi connectivity index (χ4n) is 4.32. The van der Waals surface area contributed by atoms with E-state index in [0.717, 1.165) is 44.7 Å². The largest absolute Gasteiger partial charge is 0.337 e. The highest BCUT2D eigenvalue weighted by molar-refractivity contribution is 5.94. The number of nitrogens with zero attached hydrogens (tertiary/aromatic N) is 4. The molecule has 0 radical (unpaired) electrons. The van der Waals surface area contributed by atoms with Gasteiger partial charge >= 0.3 is 0 Å². The van der Waals surface area contributed by atoms with E-state index in [1.807, 2.05) is 30.2 Å². The van der Waals surface area contributed by atoms with E-state index >= 15 is 0 Å². The van der Waals surface area contributed by atoms with E-state index in [4.69, 9.17) is 0 Å². The van der Waals surface area contributed by atoms with Crippen LogP contribution in [0.15, 0.2) is 47.5 Å². The second-order valence-electron chi connectivity index (χ2n) is 7.60. The summed E-state index contributed by atoms with van der Waals surface area (Å²) in [6.45, 7) is 5.86. The van der Waals surface area contributed by atoms with Gasteiger partial charge in [0.2, 0.25) is 0 Å². The normalized spacial score (nSPS) is 22.6. The van der Waals surface area contributed by atoms with Crippen LogP contribution >= 0.6 is 0 Å². The lowest BCUT2D eigenvalue weighted by Crippen LogP contribution is -2.44. The monoisotopic (exact) mass is 366 g/mol. The zero-order chi connectivity index (χ0) is 18.8. The molecule has 0 saturated carbocycles. The third kappa shape index (κ3) is 3.81. The maximum absolute atomic E-state index is 13.0. The summed E-state index contributed by atoms with van der Waals surface area (Å²) in [5.41, 5.74) is 1.46. The molecule has 6 heteroatoms. The molecule has 3 fully saturated rings. The summed E-state index contributed by atoms with van der Waals surface area (Å²) in [6, 6.07) is 9.61. The summed E-state index contributed by atoms with van der Waals surface area (Å²) in [7, 11) is 0. The van der Waals surface area contributed by atoms with Gasteiger partial charge in [-0.3, -0.25) is 19.5 Å². The lowest BCUT2D eigenvalue weighted by molar-refractivity contribution is 0.0735. The molecule has 2 aromatic heterocycles. The van der Waals surface area contributed by atoms with Crippen LogP contribution in [0.25, 0.3) is 0 Å². The van der Waals surface area contributed by atoms with Crippen molar-refractivity contribution in [3.05, 3.63) is 64.3 Å². The number of hydrogen-bond donors (Lipinski definition) is 0. The van der Waals surface area contributed by atoms with E-state index < -0.39 is 0 Å². The smallest absolute Gasteiger partial charge is 0.254 e. The maximum Gasteiger partial charge on any atom is 0.254 e. The van der Waals surface area contributed by atoms with Gasteiger partial charge in [0.1, 0.15) is 0 Å². The van der Waals surface area contributed by atoms with Crippen molar-refractivity contribution in [1.29, 1.82) is 0 Å². The number of piperidine rings is 1. The molecule has 5 rings (SSSR count). The maximum atomic E-state index is 13.0. The first-order chi connectivity index (χ1) is 13.1. The molecule has 3 saturated heterocycles. The van der Waals surface area contributed by atoms with Crippen LogP contribution in [0, 0.1) is 5.92 Å². The standard InChI is InChI=1S/C21H26N4O2/c1-2-23-10-8-17(11-20(23)26)21(27)25-13-16-6-7-19(15-25)24(12-16)14-18-5-3-4-9-22-18/h3-5,8-11,16,19H,2,6-7,12-15H2,1H3/t16-,19-/m0/s1. The summed E-state index contributed by atoms with van der Waals surface area (Å²) in [5, 5.41) is 0. The van der Waals surface area contributed by atoms with Crippen molar-refractivity contribution in [2.45, 2.75) is 38.9 Å². The number of aromatic nitrogens is 2. The number of pyridine rings is 2. The second kappa shape index (κ2) is 7.64. The Kier molecular flexibility index (Phi) is 5.07. The van der Waals surface area contributed by atoms with E-state index in [-0.39, 0.29) is 11.5 Å². The molecule has 5 heterocycles. The van der Waals surface area contributed by atoms with Gasteiger partial charge in [-0.2, -0.15) is 0 Å². The van der Waals surface area contributed by atoms with Gasteiger partial charge in [-0.25, -0.2) is 0 Å². The van der Waals surface area contributed by atoms with Gasteiger partial charge in [-0.15, -0.1) is 0 Å². The Morgan fingerprint density at radius 3 is 2.81 bits per heavy atom. The molecule has 0 spiro atoms. The highest BCUT2D eigenvalue weighted by atomic mass is 16.2. The number of hydrogen-bond acceptors (Lipinski definition) is 4. The summed E-state index contributed by atoms with van der Waals surface area (Å²) < 4.78 is 1.61. The third-order valence-corrected chi connectivity index (χ3v) is 5.79. The Morgan fingerprint density at radius 1 is 1.19 bits per heavy atom. The zero-order valence-electron chi connectivity index (χ0n) is 15.8. The van der Waals surface area contributed by atoms with Gasteiger partial charge in [-0.1, -0.05) is 6.07 Å². The van der Waals surface area contributed by atoms with Gasteiger partial charge in [-0.05, 0) is 43.9 Å². The van der Waals surface area contributed by atoms with Crippen LogP contribution in [-0.2, 0) is 13.1 Å². The number of amides is 1. The van der Waals surface area contributed by atoms with Crippen molar-refractivity contribution in [1.82, 2.24) is 19.4 Å². The first kappa shape index (κ1) is 17.9. The van der Waals surface area contributed by atoms with Gasteiger partial charge < -0.3 is 9.47 Å². The van der Waals surface area contributed by atoms with Crippen LogP contribution in [-0.4, -0.2) is 50.9 Å². The number of aryl methyl sites for hydroxylation is 1. The number of rotatable bonds is 4. The minimum atomic E-state index is -0.113. The number of carbonyl (C=O) groups excluding carboxylic acids is 1. The molecular weight excluding hydrogens is 340 g/mol. The Bertz CT molecular complexity index is 864. The first-order valence-corrected chi connectivity index (χ1v) is 9.77. The Morgan fingerprint density at radius 2 is 2.07 bits per heavy atom. The molecular formula is C21H26N4O2. The molecule has 0 aliphatic carbocycles. The van der Waals surface area contributed by atoms with Crippen molar-refractivity contribution < 1.29 is 4.79 Å². The molecule has 0 N–H and O–H groups in total. The van der Waals surface area contributed by atoms with Crippen molar-refractivity contribution in [3.63, 3.8) is 0 Å². The Hall–Kier alpha value is -2.47. The van der Waals surface area contributed by atoms with Crippen LogP contribution < -0.4 is 5.56 Å². The minimum Gasteiger partial charge on any atom is -0.337 e. The summed E-state index contributed by atoms with van der Waals surface area (Å²) >= 11 is 0. The van der Waals surface area contributed by atoms with E-state index in [9.17, 15) is 9.59 Å². The summed E-state index contributed by atoms with van der Waals surface area (Å²) in [5.74, 6) is 0.458. The molecule has 3 aliphatic heterocycles. The number of carbonyl (C=O) groups is 1. The Balaban J connectivity index is 1.50. The SMILES string of the molecule is CCn1ccc(C(=O)N2C[C@H]3CC[C@@H](C2)N(Cc2ccccn2)C3)cc1=O. The van der Waals surface area contributed by atoms with Crippen LogP contribution in [0.1, 0.15) is 35.8 Å². The average molecular weight is 366 g/mol. The second-order valence-corrected chi connectivity index (χ2v) is 7.60.